The van der Waals surface area contributed by atoms with E-state index < -0.39 is 21.1 Å². The topological polar surface area (TPSA) is 97.5 Å². The Morgan fingerprint density at radius 1 is 1.35 bits per heavy atom. The van der Waals surface area contributed by atoms with Crippen molar-refractivity contribution in [3.8, 4) is 0 Å². The first-order chi connectivity index (χ1) is 7.89. The zero-order valence-corrected chi connectivity index (χ0v) is 10.3. The summed E-state index contributed by atoms with van der Waals surface area (Å²) in [5, 5.41) is 7.44. The lowest BCUT2D eigenvalue weighted by molar-refractivity contribution is -0.136. The fraction of sp³-hybridized carbons (Fsp3) is 0.364. The second kappa shape index (κ2) is 5.29. The lowest BCUT2D eigenvalue weighted by Crippen LogP contribution is -2.32. The maximum absolute atomic E-state index is 12.0. The van der Waals surface area contributed by atoms with Crippen molar-refractivity contribution in [2.75, 3.05) is 6.54 Å². The Morgan fingerprint density at radius 3 is 2.29 bits per heavy atom. The van der Waals surface area contributed by atoms with Crippen LogP contribution in [0.5, 0.6) is 0 Å². The van der Waals surface area contributed by atoms with Gasteiger partial charge in [-0.2, -0.15) is 0 Å². The fourth-order valence-corrected chi connectivity index (χ4v) is 3.01. The average Bonchev–Trinajstić information content (AvgIpc) is 2.25. The van der Waals surface area contributed by atoms with E-state index in [0.717, 1.165) is 5.56 Å². The molecule has 0 aliphatic carbocycles. The van der Waals surface area contributed by atoms with Gasteiger partial charge < -0.3 is 10.8 Å². The van der Waals surface area contributed by atoms with E-state index in [1.807, 2.05) is 6.92 Å². The maximum Gasteiger partial charge on any atom is 0.322 e. The van der Waals surface area contributed by atoms with Gasteiger partial charge in [-0.05, 0) is 32.0 Å². The monoisotopic (exact) mass is 257 g/mol. The number of rotatable bonds is 5. The number of carbonyl (C=O) groups is 1. The molecule has 0 aliphatic heterocycles. The Kier molecular flexibility index (Phi) is 4.25. The van der Waals surface area contributed by atoms with Crippen LogP contribution in [0.2, 0.25) is 0 Å². The van der Waals surface area contributed by atoms with E-state index in [1.54, 1.807) is 12.1 Å². The molecule has 0 bridgehead atoms. The zero-order chi connectivity index (χ0) is 13.1. The van der Waals surface area contributed by atoms with Gasteiger partial charge in [0.2, 0.25) is 0 Å². The first kappa shape index (κ1) is 13.7. The maximum atomic E-state index is 12.0. The molecule has 0 saturated heterocycles. The minimum absolute atomic E-state index is 0.0159. The molecule has 1 atom stereocenters. The van der Waals surface area contributed by atoms with Gasteiger partial charge in [0, 0.05) is 0 Å². The molecular formula is C11H15NO4S. The molecule has 0 spiro atoms. The van der Waals surface area contributed by atoms with Crippen LogP contribution in [0.1, 0.15) is 12.0 Å². The minimum atomic E-state index is -3.86. The summed E-state index contributed by atoms with van der Waals surface area (Å²) >= 11 is 0. The number of carboxylic acid groups (broad SMARTS) is 1. The molecule has 0 aliphatic rings. The van der Waals surface area contributed by atoms with Crippen molar-refractivity contribution < 1.29 is 18.3 Å². The summed E-state index contributed by atoms with van der Waals surface area (Å²) in [5.41, 5.74) is 6.15. The van der Waals surface area contributed by atoms with Crippen LogP contribution < -0.4 is 5.73 Å². The number of benzene rings is 1. The Hall–Kier alpha value is -1.40. The van der Waals surface area contributed by atoms with Crippen LogP contribution in [0.15, 0.2) is 29.2 Å². The van der Waals surface area contributed by atoms with Crippen molar-refractivity contribution in [1.29, 1.82) is 0 Å². The number of nitrogens with two attached hydrogens (primary N) is 1. The molecule has 0 fully saturated rings. The van der Waals surface area contributed by atoms with E-state index in [4.69, 9.17) is 10.8 Å². The molecule has 0 heterocycles. The highest BCUT2D eigenvalue weighted by Crippen LogP contribution is 2.19. The van der Waals surface area contributed by atoms with Gasteiger partial charge in [0.1, 0.15) is 0 Å². The van der Waals surface area contributed by atoms with Crippen molar-refractivity contribution in [1.82, 2.24) is 0 Å². The summed E-state index contributed by atoms with van der Waals surface area (Å²) in [6, 6.07) is 6.09. The van der Waals surface area contributed by atoms with Crippen LogP contribution >= 0.6 is 0 Å². The molecule has 94 valence electrons. The van der Waals surface area contributed by atoms with E-state index in [9.17, 15) is 13.2 Å². The third-order valence-electron chi connectivity index (χ3n) is 2.43. The number of aryl methyl sites for hydroxylation is 1. The third-order valence-corrected chi connectivity index (χ3v) is 4.54. The molecule has 0 saturated carbocycles. The number of carboxylic acids is 1. The van der Waals surface area contributed by atoms with Crippen molar-refractivity contribution in [2.24, 2.45) is 5.73 Å². The van der Waals surface area contributed by atoms with Crippen LogP contribution in [0, 0.1) is 6.92 Å². The van der Waals surface area contributed by atoms with Crippen LogP contribution in [0.25, 0.3) is 0 Å². The van der Waals surface area contributed by atoms with Gasteiger partial charge in [0.25, 0.3) is 0 Å². The minimum Gasteiger partial charge on any atom is -0.480 e. The van der Waals surface area contributed by atoms with Crippen LogP contribution in [0.4, 0.5) is 0 Å². The highest BCUT2D eigenvalue weighted by molar-refractivity contribution is 7.92. The van der Waals surface area contributed by atoms with Gasteiger partial charge in [-0.15, -0.1) is 0 Å². The molecule has 0 unspecified atom stereocenters. The van der Waals surface area contributed by atoms with Crippen molar-refractivity contribution in [2.45, 2.75) is 23.5 Å². The molecular weight excluding hydrogens is 242 g/mol. The molecule has 0 aromatic heterocycles. The lowest BCUT2D eigenvalue weighted by atomic mass is 10.2. The van der Waals surface area contributed by atoms with Gasteiger partial charge in [-0.25, -0.2) is 8.42 Å². The van der Waals surface area contributed by atoms with Crippen LogP contribution in [0.3, 0.4) is 0 Å². The van der Waals surface area contributed by atoms with Crippen LogP contribution in [-0.4, -0.2) is 31.3 Å². The smallest absolute Gasteiger partial charge is 0.322 e. The summed E-state index contributed by atoms with van der Waals surface area (Å²) < 4.78 is 24.1. The first-order valence-corrected chi connectivity index (χ1v) is 6.67. The molecule has 1 aromatic rings. The Bertz CT molecular complexity index is 493. The van der Waals surface area contributed by atoms with Gasteiger partial charge >= 0.3 is 5.97 Å². The molecule has 0 radical (unpaired) electrons. The zero-order valence-electron chi connectivity index (χ0n) is 9.46. The SMILES string of the molecule is Cc1ccc(S(=O)(=O)[C@@H](CCN)C(=O)O)cc1. The quantitative estimate of drug-likeness (QED) is 0.803. The third kappa shape index (κ3) is 3.04. The normalized spacial score (nSPS) is 13.3. The molecule has 6 heteroatoms. The van der Waals surface area contributed by atoms with Crippen molar-refractivity contribution >= 4 is 15.8 Å². The van der Waals surface area contributed by atoms with Crippen LogP contribution in [-0.2, 0) is 14.6 Å². The predicted molar refractivity (Wildman–Crippen MR) is 63.5 cm³/mol. The number of aliphatic carboxylic acids is 1. The lowest BCUT2D eigenvalue weighted by Gasteiger charge is -2.12. The fourth-order valence-electron chi connectivity index (χ4n) is 1.45. The van der Waals surface area contributed by atoms with E-state index in [0.29, 0.717) is 0 Å². The second-order valence-corrected chi connectivity index (χ2v) is 5.89. The summed E-state index contributed by atoms with van der Waals surface area (Å²) in [7, 11) is -3.86. The average molecular weight is 257 g/mol. The number of hydrogen-bond acceptors (Lipinski definition) is 4. The van der Waals surface area contributed by atoms with Gasteiger partial charge in [-0.1, -0.05) is 17.7 Å². The molecule has 5 nitrogen and oxygen atoms in total. The Balaban J connectivity index is 3.16. The largest absolute Gasteiger partial charge is 0.480 e. The molecule has 0 amide bonds. The highest BCUT2D eigenvalue weighted by Gasteiger charge is 2.33. The van der Waals surface area contributed by atoms with E-state index >= 15 is 0 Å². The molecule has 1 rings (SSSR count). The standard InChI is InChI=1S/C11H15NO4S/c1-8-2-4-9(5-3-8)17(15,16)10(6-7-12)11(13)14/h2-5,10H,6-7,12H2,1H3,(H,13,14)/t10-/m0/s1. The summed E-state index contributed by atoms with van der Waals surface area (Å²) in [6.45, 7) is 1.84. The summed E-state index contributed by atoms with van der Waals surface area (Å²) in [5.74, 6) is -1.36. The molecule has 1 aromatic carbocycles. The summed E-state index contributed by atoms with van der Waals surface area (Å²) in [6.07, 6.45) is -0.0917. The van der Waals surface area contributed by atoms with Crippen molar-refractivity contribution in [3.63, 3.8) is 0 Å². The van der Waals surface area contributed by atoms with E-state index in [2.05, 4.69) is 0 Å². The highest BCUT2D eigenvalue weighted by atomic mass is 32.2. The van der Waals surface area contributed by atoms with E-state index in [-0.39, 0.29) is 17.9 Å². The number of sulfone groups is 1. The van der Waals surface area contributed by atoms with Gasteiger partial charge in [0.15, 0.2) is 15.1 Å². The molecule has 17 heavy (non-hydrogen) atoms. The second-order valence-electron chi connectivity index (χ2n) is 3.76. The molecule has 3 N–H and O–H groups in total. The first-order valence-electron chi connectivity index (χ1n) is 5.13. The van der Waals surface area contributed by atoms with Gasteiger partial charge in [0.05, 0.1) is 4.90 Å². The number of hydrogen-bond donors (Lipinski definition) is 2. The summed E-state index contributed by atoms with van der Waals surface area (Å²) in [4.78, 5) is 11.0. The van der Waals surface area contributed by atoms with E-state index in [1.165, 1.54) is 12.1 Å². The van der Waals surface area contributed by atoms with Gasteiger partial charge in [-0.3, -0.25) is 4.79 Å². The Labute approximate surface area is 100 Å². The Morgan fingerprint density at radius 2 is 1.88 bits per heavy atom. The predicted octanol–water partition coefficient (Wildman–Crippen LogP) is 0.571. The van der Waals surface area contributed by atoms with Crippen molar-refractivity contribution in [3.05, 3.63) is 29.8 Å².